The third kappa shape index (κ3) is 5.24. The number of guanidine groups is 1. The maximum atomic E-state index is 13.0. The normalized spacial score (nSPS) is 20.5. The molecular formula is C17H24F3N5O2. The van der Waals surface area contributed by atoms with Crippen molar-refractivity contribution in [2.45, 2.75) is 13.1 Å². The van der Waals surface area contributed by atoms with Crippen molar-refractivity contribution in [3.05, 3.63) is 23.9 Å². The summed E-state index contributed by atoms with van der Waals surface area (Å²) in [6.45, 7) is 3.66. The topological polar surface area (TPSA) is 78.9 Å². The van der Waals surface area contributed by atoms with Crippen molar-refractivity contribution in [2.75, 3.05) is 45.7 Å². The number of rotatable bonds is 5. The first-order valence-corrected chi connectivity index (χ1v) is 8.57. The Kier molecular flexibility index (Phi) is 6.86. The van der Waals surface area contributed by atoms with Crippen LogP contribution in [-0.4, -0.2) is 62.1 Å². The van der Waals surface area contributed by atoms with Crippen LogP contribution >= 0.6 is 0 Å². The van der Waals surface area contributed by atoms with Gasteiger partial charge in [-0.1, -0.05) is 6.92 Å². The number of ether oxygens (including phenoxy) is 1. The largest absolute Gasteiger partial charge is 0.469 e. The van der Waals surface area contributed by atoms with Crippen LogP contribution in [-0.2, 0) is 15.7 Å². The van der Waals surface area contributed by atoms with Crippen LogP contribution in [0.2, 0.25) is 0 Å². The average molecular weight is 387 g/mol. The second kappa shape index (κ2) is 8.92. The molecule has 150 valence electrons. The van der Waals surface area contributed by atoms with Crippen molar-refractivity contribution in [1.29, 1.82) is 0 Å². The fourth-order valence-electron chi connectivity index (χ4n) is 3.06. The van der Waals surface area contributed by atoms with Gasteiger partial charge in [0.25, 0.3) is 0 Å². The van der Waals surface area contributed by atoms with E-state index in [-0.39, 0.29) is 30.2 Å². The van der Waals surface area contributed by atoms with E-state index in [9.17, 15) is 18.0 Å². The number of hydrogen-bond donors (Lipinski definition) is 2. The molecule has 0 bridgehead atoms. The Labute approximate surface area is 156 Å². The summed E-state index contributed by atoms with van der Waals surface area (Å²) in [4.78, 5) is 21.7. The number of aliphatic imine (C=N–C) groups is 1. The molecule has 2 unspecified atom stereocenters. The number of nitrogens with zero attached hydrogens (tertiary/aromatic N) is 3. The van der Waals surface area contributed by atoms with Crippen LogP contribution < -0.4 is 10.6 Å². The van der Waals surface area contributed by atoms with Gasteiger partial charge in [-0.05, 0) is 18.1 Å². The maximum Gasteiger partial charge on any atom is 0.419 e. The van der Waals surface area contributed by atoms with Crippen molar-refractivity contribution in [3.63, 3.8) is 0 Å². The molecule has 1 aromatic heterocycles. The van der Waals surface area contributed by atoms with Gasteiger partial charge in [-0.3, -0.25) is 9.79 Å². The third-order valence-corrected chi connectivity index (χ3v) is 4.44. The van der Waals surface area contributed by atoms with Crippen LogP contribution in [0.3, 0.4) is 0 Å². The average Bonchev–Trinajstić information content (AvgIpc) is 3.02. The molecule has 0 radical (unpaired) electrons. The lowest BCUT2D eigenvalue weighted by Gasteiger charge is -2.22. The summed E-state index contributed by atoms with van der Waals surface area (Å²) in [6.07, 6.45) is -3.16. The highest BCUT2D eigenvalue weighted by Crippen LogP contribution is 2.33. The molecule has 1 aliphatic heterocycles. The monoisotopic (exact) mass is 387 g/mol. The number of carbonyl (C=O) groups is 1. The zero-order valence-corrected chi connectivity index (χ0v) is 15.5. The Bertz CT molecular complexity index is 681. The van der Waals surface area contributed by atoms with Gasteiger partial charge >= 0.3 is 12.1 Å². The van der Waals surface area contributed by atoms with Gasteiger partial charge in [0.2, 0.25) is 0 Å². The van der Waals surface area contributed by atoms with Crippen molar-refractivity contribution in [1.82, 2.24) is 15.2 Å². The number of esters is 1. The van der Waals surface area contributed by atoms with E-state index in [4.69, 9.17) is 4.74 Å². The number of anilines is 1. The molecule has 2 N–H and O–H groups in total. The fourth-order valence-corrected chi connectivity index (χ4v) is 3.06. The molecule has 2 atom stereocenters. The van der Waals surface area contributed by atoms with Crippen molar-refractivity contribution < 1.29 is 22.7 Å². The standard InChI is InChI=1S/C17H24F3N5O2/c1-11-9-25(10-12(11)15(26)27-3)16(21-2)24-8-7-23-14-13(17(18,19)20)5-4-6-22-14/h4-6,11-12H,7-10H2,1-3H3,(H,21,24)(H,22,23). The van der Waals surface area contributed by atoms with E-state index >= 15 is 0 Å². The van der Waals surface area contributed by atoms with Crippen LogP contribution in [0.25, 0.3) is 0 Å². The molecule has 0 aromatic carbocycles. The molecule has 0 amide bonds. The predicted octanol–water partition coefficient (Wildman–Crippen LogP) is 1.83. The van der Waals surface area contributed by atoms with Crippen molar-refractivity contribution in [3.8, 4) is 0 Å². The molecular weight excluding hydrogens is 363 g/mol. The van der Waals surface area contributed by atoms with Gasteiger partial charge < -0.3 is 20.3 Å². The lowest BCUT2D eigenvalue weighted by Crippen LogP contribution is -2.42. The Hall–Kier alpha value is -2.52. The van der Waals surface area contributed by atoms with Gasteiger partial charge in [0, 0.05) is 39.4 Å². The lowest BCUT2D eigenvalue weighted by molar-refractivity contribution is -0.146. The number of carbonyl (C=O) groups excluding carboxylic acids is 1. The molecule has 2 heterocycles. The molecule has 27 heavy (non-hydrogen) atoms. The second-order valence-corrected chi connectivity index (χ2v) is 6.31. The highest BCUT2D eigenvalue weighted by Gasteiger charge is 2.37. The van der Waals surface area contributed by atoms with Crippen LogP contribution in [0.15, 0.2) is 23.3 Å². The number of aromatic nitrogens is 1. The Balaban J connectivity index is 1.87. The van der Waals surface area contributed by atoms with Crippen LogP contribution in [0, 0.1) is 11.8 Å². The summed E-state index contributed by atoms with van der Waals surface area (Å²) in [5.74, 6) is 0.0259. The zero-order chi connectivity index (χ0) is 20.0. The van der Waals surface area contributed by atoms with E-state index in [1.165, 1.54) is 19.4 Å². The van der Waals surface area contributed by atoms with E-state index in [1.807, 2.05) is 11.8 Å². The SMILES string of the molecule is CN=C(NCCNc1ncccc1C(F)(F)F)N1CC(C)C(C(=O)OC)C1. The van der Waals surface area contributed by atoms with Crippen LogP contribution in [0.4, 0.5) is 19.0 Å². The molecule has 1 aromatic rings. The predicted molar refractivity (Wildman–Crippen MR) is 95.3 cm³/mol. The highest BCUT2D eigenvalue weighted by molar-refractivity contribution is 5.82. The zero-order valence-electron chi connectivity index (χ0n) is 15.5. The van der Waals surface area contributed by atoms with Gasteiger partial charge in [0.05, 0.1) is 18.6 Å². The van der Waals surface area contributed by atoms with Gasteiger partial charge in [0.15, 0.2) is 5.96 Å². The van der Waals surface area contributed by atoms with Gasteiger partial charge in [-0.2, -0.15) is 13.2 Å². The van der Waals surface area contributed by atoms with Crippen molar-refractivity contribution >= 4 is 17.7 Å². The second-order valence-electron chi connectivity index (χ2n) is 6.31. The summed E-state index contributed by atoms with van der Waals surface area (Å²) in [7, 11) is 2.98. The smallest absolute Gasteiger partial charge is 0.419 e. The molecule has 0 spiro atoms. The summed E-state index contributed by atoms with van der Waals surface area (Å²) in [6, 6.07) is 2.24. The summed E-state index contributed by atoms with van der Waals surface area (Å²) < 4.78 is 43.7. The number of pyridine rings is 1. The Morgan fingerprint density at radius 3 is 2.78 bits per heavy atom. The minimum Gasteiger partial charge on any atom is -0.469 e. The Morgan fingerprint density at radius 1 is 1.41 bits per heavy atom. The number of halogens is 3. The molecule has 1 fully saturated rings. The molecule has 1 aliphatic rings. The fraction of sp³-hybridized carbons (Fsp3) is 0.588. The van der Waals surface area contributed by atoms with E-state index < -0.39 is 11.7 Å². The number of nitrogens with one attached hydrogen (secondary N) is 2. The van der Waals surface area contributed by atoms with Crippen LogP contribution in [0.5, 0.6) is 0 Å². The number of hydrogen-bond acceptors (Lipinski definition) is 5. The molecule has 10 heteroatoms. The lowest BCUT2D eigenvalue weighted by atomic mass is 9.99. The van der Waals surface area contributed by atoms with Gasteiger partial charge in [0.1, 0.15) is 5.82 Å². The number of likely N-dealkylation sites (tertiary alicyclic amines) is 1. The van der Waals surface area contributed by atoms with E-state index in [1.54, 1.807) is 7.05 Å². The number of methoxy groups -OCH3 is 1. The molecule has 0 aliphatic carbocycles. The molecule has 0 saturated carbocycles. The summed E-state index contributed by atoms with van der Waals surface area (Å²) >= 11 is 0. The minimum absolute atomic E-state index is 0.122. The first-order valence-electron chi connectivity index (χ1n) is 8.57. The van der Waals surface area contributed by atoms with Gasteiger partial charge in [-0.25, -0.2) is 4.98 Å². The Morgan fingerprint density at radius 2 is 2.15 bits per heavy atom. The molecule has 7 nitrogen and oxygen atoms in total. The van der Waals surface area contributed by atoms with Crippen molar-refractivity contribution in [2.24, 2.45) is 16.8 Å². The summed E-state index contributed by atoms with van der Waals surface area (Å²) in [5, 5.41) is 5.78. The minimum atomic E-state index is -4.46. The molecule has 1 saturated heterocycles. The first-order chi connectivity index (χ1) is 12.8. The summed E-state index contributed by atoms with van der Waals surface area (Å²) in [5.41, 5.74) is -0.802. The van der Waals surface area contributed by atoms with E-state index in [0.717, 1.165) is 6.07 Å². The first kappa shape index (κ1) is 20.8. The van der Waals surface area contributed by atoms with Gasteiger partial charge in [-0.15, -0.1) is 0 Å². The quantitative estimate of drug-likeness (QED) is 0.347. The maximum absolute atomic E-state index is 13.0. The molecule has 2 rings (SSSR count). The third-order valence-electron chi connectivity index (χ3n) is 4.44. The number of alkyl halides is 3. The van der Waals surface area contributed by atoms with Crippen LogP contribution in [0.1, 0.15) is 12.5 Å². The highest BCUT2D eigenvalue weighted by atomic mass is 19.4. The van der Waals surface area contributed by atoms with E-state index in [0.29, 0.717) is 25.6 Å². The van der Waals surface area contributed by atoms with E-state index in [2.05, 4.69) is 20.6 Å².